The number of nitrogens with zero attached hydrogens (tertiary/aromatic N) is 3. The summed E-state index contributed by atoms with van der Waals surface area (Å²) >= 11 is 8.34. The number of hydrogen-bond acceptors (Lipinski definition) is 4. The van der Waals surface area contributed by atoms with E-state index >= 15 is 0 Å². The van der Waals surface area contributed by atoms with Crippen molar-refractivity contribution in [2.24, 2.45) is 5.73 Å². The standard InChI is InChI=1S/C14H17ClIN5/c1-8-12(17)3-2-6-21(8)14-18-13(19-20-14)10-7-9(15)4-5-11(10)16/h4-5,7-8,12H,2-3,6,17H2,1H3,(H,18,19,20). The maximum absolute atomic E-state index is 6.14. The number of halogens is 2. The molecular formula is C14H17ClIN5. The van der Waals surface area contributed by atoms with Gasteiger partial charge < -0.3 is 10.6 Å². The first kappa shape index (κ1) is 15.1. The van der Waals surface area contributed by atoms with Crippen molar-refractivity contribution in [2.45, 2.75) is 31.8 Å². The maximum Gasteiger partial charge on any atom is 0.245 e. The number of rotatable bonds is 2. The molecule has 2 atom stereocenters. The quantitative estimate of drug-likeness (QED) is 0.737. The van der Waals surface area contributed by atoms with Crippen LogP contribution < -0.4 is 10.6 Å². The summed E-state index contributed by atoms with van der Waals surface area (Å²) < 4.78 is 1.09. The number of aromatic amines is 1. The molecule has 2 heterocycles. The zero-order chi connectivity index (χ0) is 15.0. The van der Waals surface area contributed by atoms with Gasteiger partial charge in [0.15, 0.2) is 5.82 Å². The number of nitrogens with two attached hydrogens (primary N) is 1. The summed E-state index contributed by atoms with van der Waals surface area (Å²) in [6.45, 7) is 3.07. The number of benzene rings is 1. The van der Waals surface area contributed by atoms with E-state index < -0.39 is 0 Å². The van der Waals surface area contributed by atoms with Crippen LogP contribution in [0.1, 0.15) is 19.8 Å². The molecule has 7 heteroatoms. The van der Waals surface area contributed by atoms with Gasteiger partial charge in [-0.15, -0.1) is 5.10 Å². The molecule has 112 valence electrons. The average molecular weight is 418 g/mol. The molecule has 0 aliphatic carbocycles. The number of H-pyrrole nitrogens is 1. The summed E-state index contributed by atoms with van der Waals surface area (Å²) in [6.07, 6.45) is 2.13. The number of hydrogen-bond donors (Lipinski definition) is 2. The minimum absolute atomic E-state index is 0.173. The second-order valence-corrected chi connectivity index (χ2v) is 6.95. The highest BCUT2D eigenvalue weighted by Crippen LogP contribution is 2.28. The molecule has 0 bridgehead atoms. The van der Waals surface area contributed by atoms with E-state index in [0.29, 0.717) is 11.0 Å². The molecule has 21 heavy (non-hydrogen) atoms. The van der Waals surface area contributed by atoms with E-state index in [-0.39, 0.29) is 12.1 Å². The molecule has 2 unspecified atom stereocenters. The average Bonchev–Trinajstić information content (AvgIpc) is 2.94. The largest absolute Gasteiger partial charge is 0.335 e. The normalized spacial score (nSPS) is 22.6. The van der Waals surface area contributed by atoms with Crippen LogP contribution >= 0.6 is 34.2 Å². The van der Waals surface area contributed by atoms with Crippen molar-refractivity contribution in [3.05, 3.63) is 26.8 Å². The Kier molecular flexibility index (Phi) is 4.37. The first-order chi connectivity index (χ1) is 10.1. The lowest BCUT2D eigenvalue weighted by atomic mass is 9.99. The third-order valence-corrected chi connectivity index (χ3v) is 5.14. The second-order valence-electron chi connectivity index (χ2n) is 5.35. The lowest BCUT2D eigenvalue weighted by Gasteiger charge is -2.36. The zero-order valence-corrected chi connectivity index (χ0v) is 14.6. The summed E-state index contributed by atoms with van der Waals surface area (Å²) in [6, 6.07) is 6.17. The van der Waals surface area contributed by atoms with E-state index in [2.05, 4.69) is 49.6 Å². The van der Waals surface area contributed by atoms with Crippen molar-refractivity contribution >= 4 is 40.1 Å². The topological polar surface area (TPSA) is 70.8 Å². The van der Waals surface area contributed by atoms with Gasteiger partial charge in [0, 0.05) is 32.8 Å². The highest BCUT2D eigenvalue weighted by Gasteiger charge is 2.28. The van der Waals surface area contributed by atoms with Crippen LogP contribution in [-0.2, 0) is 0 Å². The Morgan fingerprint density at radius 2 is 2.29 bits per heavy atom. The molecule has 0 spiro atoms. The van der Waals surface area contributed by atoms with Crippen LogP contribution in [0.2, 0.25) is 5.02 Å². The fourth-order valence-electron chi connectivity index (χ4n) is 2.64. The summed E-state index contributed by atoms with van der Waals surface area (Å²) in [5.41, 5.74) is 7.11. The number of piperidine rings is 1. The van der Waals surface area contributed by atoms with Crippen molar-refractivity contribution < 1.29 is 0 Å². The third-order valence-electron chi connectivity index (χ3n) is 3.96. The van der Waals surface area contributed by atoms with E-state index in [4.69, 9.17) is 17.3 Å². The van der Waals surface area contributed by atoms with Crippen molar-refractivity contribution in [2.75, 3.05) is 11.4 Å². The summed E-state index contributed by atoms with van der Waals surface area (Å²) in [4.78, 5) is 6.80. The zero-order valence-electron chi connectivity index (χ0n) is 11.7. The first-order valence-electron chi connectivity index (χ1n) is 6.96. The van der Waals surface area contributed by atoms with Crippen LogP contribution in [-0.4, -0.2) is 33.8 Å². The summed E-state index contributed by atoms with van der Waals surface area (Å²) in [7, 11) is 0. The van der Waals surface area contributed by atoms with Crippen molar-refractivity contribution in [3.63, 3.8) is 0 Å². The van der Waals surface area contributed by atoms with Gasteiger partial charge in [-0.05, 0) is 60.6 Å². The van der Waals surface area contributed by atoms with E-state index in [0.717, 1.165) is 34.3 Å². The van der Waals surface area contributed by atoms with E-state index in [9.17, 15) is 0 Å². The predicted octanol–water partition coefficient (Wildman–Crippen LogP) is 3.05. The molecule has 5 nitrogen and oxygen atoms in total. The van der Waals surface area contributed by atoms with Crippen molar-refractivity contribution in [1.29, 1.82) is 0 Å². The SMILES string of the molecule is CC1C(N)CCCN1c1n[nH]c(-c2cc(Cl)ccc2I)n1. The van der Waals surface area contributed by atoms with Crippen LogP contribution in [0.25, 0.3) is 11.4 Å². The van der Waals surface area contributed by atoms with Gasteiger partial charge in [-0.1, -0.05) is 11.6 Å². The Morgan fingerprint density at radius 1 is 1.48 bits per heavy atom. The first-order valence-corrected chi connectivity index (χ1v) is 8.42. The molecule has 1 fully saturated rings. The fraction of sp³-hybridized carbons (Fsp3) is 0.429. The molecule has 0 radical (unpaired) electrons. The van der Waals surface area contributed by atoms with Crippen LogP contribution in [0, 0.1) is 3.57 Å². The lowest BCUT2D eigenvalue weighted by molar-refractivity contribution is 0.416. The minimum atomic E-state index is 0.173. The predicted molar refractivity (Wildman–Crippen MR) is 93.6 cm³/mol. The molecular weight excluding hydrogens is 401 g/mol. The van der Waals surface area contributed by atoms with Gasteiger partial charge in [0.1, 0.15) is 0 Å². The van der Waals surface area contributed by atoms with E-state index in [1.165, 1.54) is 0 Å². The van der Waals surface area contributed by atoms with Gasteiger partial charge in [0.2, 0.25) is 5.95 Å². The van der Waals surface area contributed by atoms with Crippen LogP contribution in [0.5, 0.6) is 0 Å². The Labute approximate surface area is 142 Å². The van der Waals surface area contributed by atoms with E-state index in [1.807, 2.05) is 18.2 Å². The molecule has 3 rings (SSSR count). The Balaban J connectivity index is 1.91. The minimum Gasteiger partial charge on any atom is -0.335 e. The van der Waals surface area contributed by atoms with Gasteiger partial charge in [-0.2, -0.15) is 4.98 Å². The number of anilines is 1. The third kappa shape index (κ3) is 3.02. The molecule has 1 aliphatic rings. The Hall–Kier alpha value is -0.860. The lowest BCUT2D eigenvalue weighted by Crippen LogP contribution is -2.50. The van der Waals surface area contributed by atoms with Gasteiger partial charge in [0.25, 0.3) is 0 Å². The Bertz CT molecular complexity index is 644. The van der Waals surface area contributed by atoms with E-state index in [1.54, 1.807) is 0 Å². The monoisotopic (exact) mass is 417 g/mol. The molecule has 1 aromatic heterocycles. The smallest absolute Gasteiger partial charge is 0.245 e. The Morgan fingerprint density at radius 3 is 3.10 bits per heavy atom. The molecule has 3 N–H and O–H groups in total. The highest BCUT2D eigenvalue weighted by molar-refractivity contribution is 14.1. The molecule has 0 amide bonds. The number of aromatic nitrogens is 3. The molecule has 0 saturated carbocycles. The van der Waals surface area contributed by atoms with Gasteiger partial charge in [0.05, 0.1) is 0 Å². The molecule has 1 aliphatic heterocycles. The van der Waals surface area contributed by atoms with Crippen molar-refractivity contribution in [1.82, 2.24) is 15.2 Å². The number of nitrogens with one attached hydrogen (secondary N) is 1. The van der Waals surface area contributed by atoms with Gasteiger partial charge in [-0.3, -0.25) is 5.10 Å². The van der Waals surface area contributed by atoms with Crippen molar-refractivity contribution in [3.8, 4) is 11.4 Å². The molecule has 1 saturated heterocycles. The molecule has 1 aromatic carbocycles. The summed E-state index contributed by atoms with van der Waals surface area (Å²) in [5, 5.41) is 8.07. The fourth-order valence-corrected chi connectivity index (χ4v) is 3.40. The highest BCUT2D eigenvalue weighted by atomic mass is 127. The van der Waals surface area contributed by atoms with Crippen LogP contribution in [0.4, 0.5) is 5.95 Å². The van der Waals surface area contributed by atoms with Crippen LogP contribution in [0.15, 0.2) is 18.2 Å². The van der Waals surface area contributed by atoms with Gasteiger partial charge in [-0.25, -0.2) is 0 Å². The van der Waals surface area contributed by atoms with Gasteiger partial charge >= 0.3 is 0 Å². The molecule has 2 aromatic rings. The maximum atomic E-state index is 6.14. The summed E-state index contributed by atoms with van der Waals surface area (Å²) in [5.74, 6) is 1.45. The van der Waals surface area contributed by atoms with Crippen LogP contribution in [0.3, 0.4) is 0 Å². The second kappa shape index (κ2) is 6.10.